The summed E-state index contributed by atoms with van der Waals surface area (Å²) in [6.45, 7) is 0. The smallest absolute Gasteiger partial charge is 0.0991 e. The van der Waals surface area contributed by atoms with E-state index in [9.17, 15) is 10.5 Å². The van der Waals surface area contributed by atoms with E-state index in [2.05, 4.69) is 109 Å². The molecule has 8 rings (SSSR count). The highest BCUT2D eigenvalue weighted by atomic mass is 14.2. The largest absolute Gasteiger partial charge is 0.192 e. The Labute approximate surface area is 255 Å². The van der Waals surface area contributed by atoms with Crippen LogP contribution >= 0.6 is 0 Å². The lowest BCUT2D eigenvalue weighted by molar-refractivity contribution is 1.48. The zero-order chi connectivity index (χ0) is 29.6. The van der Waals surface area contributed by atoms with Crippen molar-refractivity contribution in [2.75, 3.05) is 0 Å². The molecule has 0 unspecified atom stereocenters. The maximum atomic E-state index is 9.42. The van der Waals surface area contributed by atoms with Crippen LogP contribution in [0.4, 0.5) is 0 Å². The predicted molar refractivity (Wildman–Crippen MR) is 182 cm³/mol. The van der Waals surface area contributed by atoms with Crippen molar-refractivity contribution in [1.29, 1.82) is 10.5 Å². The van der Waals surface area contributed by atoms with Crippen molar-refractivity contribution < 1.29 is 0 Å². The summed E-state index contributed by atoms with van der Waals surface area (Å²) >= 11 is 0. The van der Waals surface area contributed by atoms with Crippen molar-refractivity contribution in [3.8, 4) is 45.5 Å². The van der Waals surface area contributed by atoms with Crippen molar-refractivity contribution >= 4 is 43.1 Å². The van der Waals surface area contributed by atoms with Crippen molar-refractivity contribution in [3.05, 3.63) is 157 Å². The Hall–Kier alpha value is -6.22. The van der Waals surface area contributed by atoms with Gasteiger partial charge in [0, 0.05) is 0 Å². The van der Waals surface area contributed by atoms with Gasteiger partial charge in [-0.3, -0.25) is 0 Å². The highest BCUT2D eigenvalue weighted by molar-refractivity contribution is 6.24. The van der Waals surface area contributed by atoms with Crippen LogP contribution in [0.25, 0.3) is 76.5 Å². The molecule has 0 bridgehead atoms. The van der Waals surface area contributed by atoms with E-state index >= 15 is 0 Å². The average molecular weight is 557 g/mol. The van der Waals surface area contributed by atoms with Crippen LogP contribution in [-0.4, -0.2) is 0 Å². The number of fused-ring (bicyclic) bond motifs is 6. The standard InChI is InChI=1S/C42H24N2/c43-25-27-9-13-30(14-10-27)38-24-42-40-22-34(33-18-17-29-5-1-2-6-32(29)21-33)19-20-37(40)39(31-15-11-28(26-44)12-16-31)23-41(42)36-8-4-3-7-35(36)38/h1-24H. The van der Waals surface area contributed by atoms with Gasteiger partial charge in [-0.2, -0.15) is 10.5 Å². The molecule has 0 aliphatic rings. The second kappa shape index (κ2) is 10.2. The second-order valence-corrected chi connectivity index (χ2v) is 11.2. The van der Waals surface area contributed by atoms with Gasteiger partial charge in [0.2, 0.25) is 0 Å². The number of nitriles is 2. The third-order valence-corrected chi connectivity index (χ3v) is 8.71. The van der Waals surface area contributed by atoms with Gasteiger partial charge in [0.15, 0.2) is 0 Å². The molecule has 0 atom stereocenters. The van der Waals surface area contributed by atoms with Gasteiger partial charge in [-0.15, -0.1) is 0 Å². The summed E-state index contributed by atoms with van der Waals surface area (Å²) < 4.78 is 0. The Morgan fingerprint density at radius 1 is 0.318 bits per heavy atom. The van der Waals surface area contributed by atoms with E-state index < -0.39 is 0 Å². The van der Waals surface area contributed by atoms with Crippen molar-refractivity contribution in [3.63, 3.8) is 0 Å². The van der Waals surface area contributed by atoms with Gasteiger partial charge in [-0.05, 0) is 125 Å². The molecule has 0 radical (unpaired) electrons. The monoisotopic (exact) mass is 556 g/mol. The quantitative estimate of drug-likeness (QED) is 0.203. The van der Waals surface area contributed by atoms with E-state index in [0.717, 1.165) is 33.2 Å². The lowest BCUT2D eigenvalue weighted by atomic mass is 9.86. The Kier molecular flexibility index (Phi) is 5.94. The van der Waals surface area contributed by atoms with Gasteiger partial charge >= 0.3 is 0 Å². The average Bonchev–Trinajstić information content (AvgIpc) is 3.10. The molecule has 8 aromatic carbocycles. The Morgan fingerprint density at radius 3 is 1.41 bits per heavy atom. The number of nitrogens with zero attached hydrogens (tertiary/aromatic N) is 2. The zero-order valence-electron chi connectivity index (χ0n) is 23.8. The number of benzene rings is 8. The molecule has 0 heterocycles. The summed E-state index contributed by atoms with van der Waals surface area (Å²) in [7, 11) is 0. The first-order valence-corrected chi connectivity index (χ1v) is 14.6. The van der Waals surface area contributed by atoms with E-state index in [-0.39, 0.29) is 0 Å². The van der Waals surface area contributed by atoms with E-state index in [1.165, 1.54) is 43.3 Å². The molecular weight excluding hydrogens is 532 g/mol. The first kappa shape index (κ1) is 25.5. The molecule has 0 amide bonds. The van der Waals surface area contributed by atoms with Gasteiger partial charge < -0.3 is 0 Å². The van der Waals surface area contributed by atoms with Crippen molar-refractivity contribution in [2.24, 2.45) is 0 Å². The summed E-state index contributed by atoms with van der Waals surface area (Å²) in [4.78, 5) is 0. The van der Waals surface area contributed by atoms with E-state index in [4.69, 9.17) is 0 Å². The lowest BCUT2D eigenvalue weighted by Gasteiger charge is -2.17. The maximum absolute atomic E-state index is 9.42. The summed E-state index contributed by atoms with van der Waals surface area (Å²) in [5.74, 6) is 0. The molecule has 202 valence electrons. The zero-order valence-corrected chi connectivity index (χ0v) is 23.8. The molecule has 0 aliphatic heterocycles. The summed E-state index contributed by atoms with van der Waals surface area (Å²) in [5.41, 5.74) is 8.07. The second-order valence-electron chi connectivity index (χ2n) is 11.2. The summed E-state index contributed by atoms with van der Waals surface area (Å²) in [5, 5.41) is 28.3. The molecule has 0 saturated heterocycles. The number of hydrogen-bond acceptors (Lipinski definition) is 2. The highest BCUT2D eigenvalue weighted by Crippen LogP contribution is 2.43. The minimum absolute atomic E-state index is 0.648. The molecule has 0 spiro atoms. The predicted octanol–water partition coefficient (Wildman–Crippen LogP) is 11.0. The van der Waals surface area contributed by atoms with E-state index in [1.54, 1.807) is 0 Å². The van der Waals surface area contributed by atoms with Crippen LogP contribution < -0.4 is 0 Å². The first-order chi connectivity index (χ1) is 21.7. The summed E-state index contributed by atoms with van der Waals surface area (Å²) in [6.07, 6.45) is 0. The van der Waals surface area contributed by atoms with Crippen LogP contribution in [0.5, 0.6) is 0 Å². The minimum atomic E-state index is 0.648. The van der Waals surface area contributed by atoms with Gasteiger partial charge in [0.1, 0.15) is 0 Å². The fourth-order valence-electron chi connectivity index (χ4n) is 6.47. The number of rotatable bonds is 3. The van der Waals surface area contributed by atoms with E-state index in [1.807, 2.05) is 48.5 Å². The van der Waals surface area contributed by atoms with Crippen LogP contribution in [-0.2, 0) is 0 Å². The van der Waals surface area contributed by atoms with Crippen LogP contribution in [0.3, 0.4) is 0 Å². The van der Waals surface area contributed by atoms with E-state index in [0.29, 0.717) is 11.1 Å². The number of hydrogen-bond donors (Lipinski definition) is 0. The Morgan fingerprint density at radius 2 is 0.773 bits per heavy atom. The van der Waals surface area contributed by atoms with Crippen LogP contribution in [0.15, 0.2) is 146 Å². The SMILES string of the molecule is N#Cc1ccc(-c2cc3c4cc(-c5ccc6ccccc6c5)ccc4c(-c4ccc(C#N)cc4)cc3c3ccccc23)cc1. The molecule has 0 saturated carbocycles. The highest BCUT2D eigenvalue weighted by Gasteiger charge is 2.16. The molecule has 0 fully saturated rings. The first-order valence-electron chi connectivity index (χ1n) is 14.6. The summed E-state index contributed by atoms with van der Waals surface area (Å²) in [6, 6.07) is 55.3. The van der Waals surface area contributed by atoms with Crippen molar-refractivity contribution in [1.82, 2.24) is 0 Å². The third kappa shape index (κ3) is 4.18. The molecule has 2 heteroatoms. The Bertz CT molecular complexity index is 2490. The van der Waals surface area contributed by atoms with Crippen LogP contribution in [0, 0.1) is 22.7 Å². The Balaban J connectivity index is 1.47. The van der Waals surface area contributed by atoms with Crippen LogP contribution in [0.1, 0.15) is 11.1 Å². The molecule has 8 aromatic rings. The van der Waals surface area contributed by atoms with Gasteiger partial charge in [0.05, 0.1) is 23.3 Å². The van der Waals surface area contributed by atoms with Gasteiger partial charge in [-0.1, -0.05) is 97.1 Å². The fraction of sp³-hybridized carbons (Fsp3) is 0. The molecular formula is C42H24N2. The fourth-order valence-corrected chi connectivity index (χ4v) is 6.47. The molecule has 44 heavy (non-hydrogen) atoms. The van der Waals surface area contributed by atoms with Gasteiger partial charge in [0.25, 0.3) is 0 Å². The normalized spacial score (nSPS) is 11.1. The van der Waals surface area contributed by atoms with Crippen molar-refractivity contribution in [2.45, 2.75) is 0 Å². The topological polar surface area (TPSA) is 47.6 Å². The molecule has 0 N–H and O–H groups in total. The molecule has 0 aliphatic carbocycles. The molecule has 0 aromatic heterocycles. The van der Waals surface area contributed by atoms with Crippen LogP contribution in [0.2, 0.25) is 0 Å². The minimum Gasteiger partial charge on any atom is -0.192 e. The maximum Gasteiger partial charge on any atom is 0.0991 e. The molecule has 2 nitrogen and oxygen atoms in total. The lowest BCUT2D eigenvalue weighted by Crippen LogP contribution is -1.90. The third-order valence-electron chi connectivity index (χ3n) is 8.71. The van der Waals surface area contributed by atoms with Gasteiger partial charge in [-0.25, -0.2) is 0 Å².